The molecule has 1 saturated heterocycles. The molecule has 1 aliphatic rings. The fourth-order valence-corrected chi connectivity index (χ4v) is 1.71. The van der Waals surface area contributed by atoms with Crippen LogP contribution in [0.1, 0.15) is 5.56 Å². The molecule has 0 aliphatic carbocycles. The number of ether oxygens (including phenoxy) is 1. The van der Waals surface area contributed by atoms with Gasteiger partial charge in [0.05, 0.1) is 13.2 Å². The molecule has 0 spiro atoms. The molecule has 0 radical (unpaired) electrons. The summed E-state index contributed by atoms with van der Waals surface area (Å²) in [7, 11) is 0. The molecule has 1 heterocycles. The first-order chi connectivity index (χ1) is 8.27. The maximum Gasteiger partial charge on any atom is 0.317 e. The van der Waals surface area contributed by atoms with Crippen molar-refractivity contribution in [3.63, 3.8) is 0 Å². The molecule has 1 aromatic rings. The first-order valence-electron chi connectivity index (χ1n) is 5.65. The molecular formula is C12H16N2O3. The number of phenols is 1. The zero-order valence-corrected chi connectivity index (χ0v) is 9.56. The molecule has 1 fully saturated rings. The van der Waals surface area contributed by atoms with Crippen LogP contribution in [-0.2, 0) is 11.3 Å². The lowest BCUT2D eigenvalue weighted by molar-refractivity contribution is 0.0531. The Morgan fingerprint density at radius 1 is 1.35 bits per heavy atom. The SMILES string of the molecule is O=C(NCc1ccccc1O)N1CCOCC1. The molecular weight excluding hydrogens is 220 g/mol. The molecule has 0 unspecified atom stereocenters. The first kappa shape index (κ1) is 11.7. The topological polar surface area (TPSA) is 61.8 Å². The van der Waals surface area contributed by atoms with Gasteiger partial charge in [-0.15, -0.1) is 0 Å². The summed E-state index contributed by atoms with van der Waals surface area (Å²) in [5, 5.41) is 12.3. The molecule has 2 rings (SSSR count). The standard InChI is InChI=1S/C12H16N2O3/c15-11-4-2-1-3-10(11)9-13-12(16)14-5-7-17-8-6-14/h1-4,15H,5-9H2,(H,13,16). The fourth-order valence-electron chi connectivity index (χ4n) is 1.71. The summed E-state index contributed by atoms with van der Waals surface area (Å²) in [6.07, 6.45) is 0. The number of morpholine rings is 1. The number of carbonyl (C=O) groups excluding carboxylic acids is 1. The van der Waals surface area contributed by atoms with E-state index in [1.54, 1.807) is 23.1 Å². The molecule has 5 nitrogen and oxygen atoms in total. The minimum absolute atomic E-state index is 0.114. The highest BCUT2D eigenvalue weighted by atomic mass is 16.5. The Hall–Kier alpha value is -1.75. The van der Waals surface area contributed by atoms with Gasteiger partial charge in [-0.25, -0.2) is 4.79 Å². The number of carbonyl (C=O) groups is 1. The Morgan fingerprint density at radius 3 is 2.76 bits per heavy atom. The van der Waals surface area contributed by atoms with Crippen molar-refractivity contribution in [1.29, 1.82) is 0 Å². The first-order valence-corrected chi connectivity index (χ1v) is 5.65. The fraction of sp³-hybridized carbons (Fsp3) is 0.417. The van der Waals surface area contributed by atoms with Gasteiger partial charge in [0.1, 0.15) is 5.75 Å². The van der Waals surface area contributed by atoms with Gasteiger partial charge >= 0.3 is 6.03 Å². The lowest BCUT2D eigenvalue weighted by Crippen LogP contribution is -2.45. The summed E-state index contributed by atoms with van der Waals surface area (Å²) in [5.41, 5.74) is 0.717. The number of urea groups is 1. The third kappa shape index (κ3) is 3.10. The Kier molecular flexibility index (Phi) is 3.82. The van der Waals surface area contributed by atoms with Crippen LogP contribution >= 0.6 is 0 Å². The molecule has 5 heteroatoms. The number of nitrogens with one attached hydrogen (secondary N) is 1. The number of hydrogen-bond acceptors (Lipinski definition) is 3. The van der Waals surface area contributed by atoms with Gasteiger partial charge in [0.2, 0.25) is 0 Å². The normalized spacial score (nSPS) is 15.6. The second kappa shape index (κ2) is 5.54. The third-order valence-corrected chi connectivity index (χ3v) is 2.72. The molecule has 0 aromatic heterocycles. The highest BCUT2D eigenvalue weighted by Crippen LogP contribution is 2.14. The predicted molar refractivity (Wildman–Crippen MR) is 62.7 cm³/mol. The number of aromatic hydroxyl groups is 1. The number of amides is 2. The Morgan fingerprint density at radius 2 is 2.06 bits per heavy atom. The summed E-state index contributed by atoms with van der Waals surface area (Å²) >= 11 is 0. The van der Waals surface area contributed by atoms with E-state index in [0.717, 1.165) is 0 Å². The second-order valence-electron chi connectivity index (χ2n) is 3.89. The number of hydrogen-bond donors (Lipinski definition) is 2. The van der Waals surface area contributed by atoms with Crippen molar-refractivity contribution in [2.45, 2.75) is 6.54 Å². The molecule has 2 N–H and O–H groups in total. The van der Waals surface area contributed by atoms with E-state index in [4.69, 9.17) is 4.74 Å². The minimum atomic E-state index is -0.114. The zero-order valence-electron chi connectivity index (χ0n) is 9.56. The van der Waals surface area contributed by atoms with Crippen LogP contribution in [0.4, 0.5) is 4.79 Å². The van der Waals surface area contributed by atoms with Crippen LogP contribution in [0.3, 0.4) is 0 Å². The molecule has 1 aromatic carbocycles. The number of nitrogens with zero attached hydrogens (tertiary/aromatic N) is 1. The van der Waals surface area contributed by atoms with Crippen LogP contribution in [0.15, 0.2) is 24.3 Å². The van der Waals surface area contributed by atoms with E-state index >= 15 is 0 Å². The lowest BCUT2D eigenvalue weighted by atomic mass is 10.2. The molecule has 2 amide bonds. The van der Waals surface area contributed by atoms with E-state index in [1.165, 1.54) is 0 Å². The smallest absolute Gasteiger partial charge is 0.317 e. The molecule has 92 valence electrons. The van der Waals surface area contributed by atoms with E-state index in [-0.39, 0.29) is 11.8 Å². The third-order valence-electron chi connectivity index (χ3n) is 2.72. The number of para-hydroxylation sites is 1. The van der Waals surface area contributed by atoms with Crippen molar-refractivity contribution in [1.82, 2.24) is 10.2 Å². The van der Waals surface area contributed by atoms with E-state index in [1.807, 2.05) is 6.07 Å². The largest absolute Gasteiger partial charge is 0.508 e. The molecule has 0 bridgehead atoms. The van der Waals surface area contributed by atoms with Gasteiger partial charge in [-0.05, 0) is 6.07 Å². The van der Waals surface area contributed by atoms with Crippen molar-refractivity contribution in [3.05, 3.63) is 29.8 Å². The van der Waals surface area contributed by atoms with Crippen molar-refractivity contribution < 1.29 is 14.6 Å². The van der Waals surface area contributed by atoms with Crippen molar-refractivity contribution >= 4 is 6.03 Å². The quantitative estimate of drug-likeness (QED) is 0.803. The second-order valence-corrected chi connectivity index (χ2v) is 3.89. The van der Waals surface area contributed by atoms with Crippen LogP contribution in [0.2, 0.25) is 0 Å². The monoisotopic (exact) mass is 236 g/mol. The lowest BCUT2D eigenvalue weighted by Gasteiger charge is -2.26. The molecule has 0 saturated carbocycles. The van der Waals surface area contributed by atoms with Gasteiger partial charge in [0.25, 0.3) is 0 Å². The van der Waals surface area contributed by atoms with E-state index in [9.17, 15) is 9.90 Å². The Bertz CT molecular complexity index is 389. The van der Waals surface area contributed by atoms with Crippen molar-refractivity contribution in [2.75, 3.05) is 26.3 Å². The highest BCUT2D eigenvalue weighted by molar-refractivity contribution is 5.74. The zero-order chi connectivity index (χ0) is 12.1. The van der Waals surface area contributed by atoms with E-state index < -0.39 is 0 Å². The summed E-state index contributed by atoms with van der Waals surface area (Å²) in [6.45, 7) is 2.75. The number of benzene rings is 1. The van der Waals surface area contributed by atoms with E-state index in [2.05, 4.69) is 5.32 Å². The van der Waals surface area contributed by atoms with Crippen LogP contribution in [-0.4, -0.2) is 42.3 Å². The number of phenolic OH excluding ortho intramolecular Hbond substituents is 1. The molecule has 1 aliphatic heterocycles. The van der Waals surface area contributed by atoms with Crippen LogP contribution in [0.25, 0.3) is 0 Å². The molecule has 17 heavy (non-hydrogen) atoms. The highest BCUT2D eigenvalue weighted by Gasteiger charge is 2.16. The van der Waals surface area contributed by atoms with Gasteiger partial charge in [-0.3, -0.25) is 0 Å². The van der Waals surface area contributed by atoms with Crippen LogP contribution in [0.5, 0.6) is 5.75 Å². The van der Waals surface area contributed by atoms with Gasteiger partial charge in [-0.1, -0.05) is 18.2 Å². The van der Waals surface area contributed by atoms with Crippen molar-refractivity contribution in [2.24, 2.45) is 0 Å². The predicted octanol–water partition coefficient (Wildman–Crippen LogP) is 0.934. The average molecular weight is 236 g/mol. The van der Waals surface area contributed by atoms with Gasteiger partial charge < -0.3 is 20.1 Å². The van der Waals surface area contributed by atoms with Crippen LogP contribution in [0, 0.1) is 0 Å². The average Bonchev–Trinajstić information content (AvgIpc) is 2.38. The summed E-state index contributed by atoms with van der Waals surface area (Å²) in [6, 6.07) is 6.86. The Labute approximate surface area is 100.0 Å². The summed E-state index contributed by atoms with van der Waals surface area (Å²) in [5.74, 6) is 0.203. The van der Waals surface area contributed by atoms with E-state index in [0.29, 0.717) is 38.4 Å². The summed E-state index contributed by atoms with van der Waals surface area (Å²) < 4.78 is 5.17. The molecule has 0 atom stereocenters. The van der Waals surface area contributed by atoms with Crippen molar-refractivity contribution in [3.8, 4) is 5.75 Å². The Balaban J connectivity index is 1.85. The van der Waals surface area contributed by atoms with Crippen LogP contribution < -0.4 is 5.32 Å². The maximum absolute atomic E-state index is 11.8. The summed E-state index contributed by atoms with van der Waals surface area (Å²) in [4.78, 5) is 13.5. The maximum atomic E-state index is 11.8. The number of rotatable bonds is 2. The van der Waals surface area contributed by atoms with Gasteiger partial charge in [0.15, 0.2) is 0 Å². The minimum Gasteiger partial charge on any atom is -0.508 e. The van der Waals surface area contributed by atoms with Gasteiger partial charge in [-0.2, -0.15) is 0 Å². The van der Waals surface area contributed by atoms with Gasteiger partial charge in [0, 0.05) is 25.2 Å².